The molecule has 0 saturated heterocycles. The molecule has 0 heterocycles. The number of aliphatic hydroxyl groups excluding tert-OH is 1. The Hall–Kier alpha value is -0.670. The van der Waals surface area contributed by atoms with Gasteiger partial charge in [-0.15, -0.1) is 11.6 Å². The van der Waals surface area contributed by atoms with Gasteiger partial charge in [0.2, 0.25) is 0 Å². The van der Waals surface area contributed by atoms with E-state index in [0.29, 0.717) is 18.7 Å². The summed E-state index contributed by atoms with van der Waals surface area (Å²) in [7, 11) is 0. The predicted octanol–water partition coefficient (Wildman–Crippen LogP) is 2.89. The molecule has 15 heavy (non-hydrogen) atoms. The van der Waals surface area contributed by atoms with Crippen LogP contribution in [0.5, 0.6) is 0 Å². The van der Waals surface area contributed by atoms with Crippen LogP contribution in [0.25, 0.3) is 0 Å². The van der Waals surface area contributed by atoms with Gasteiger partial charge in [-0.2, -0.15) is 0 Å². The number of hydrogen-bond acceptors (Lipinski definition) is 1. The van der Waals surface area contributed by atoms with Crippen molar-refractivity contribution in [3.05, 3.63) is 35.4 Å². The fourth-order valence-corrected chi connectivity index (χ4v) is 1.52. The highest BCUT2D eigenvalue weighted by Crippen LogP contribution is 2.13. The van der Waals surface area contributed by atoms with E-state index in [9.17, 15) is 13.9 Å². The highest BCUT2D eigenvalue weighted by Gasteiger charge is 2.10. The standard InChI is InChI=1S/C11H13ClF2O/c12-5-1-2-10(15)7-8-6-9(13)3-4-11(8)14/h3-4,6,10,15H,1-2,5,7H2. The van der Waals surface area contributed by atoms with Crippen molar-refractivity contribution in [1.82, 2.24) is 0 Å². The van der Waals surface area contributed by atoms with Crippen molar-refractivity contribution in [2.24, 2.45) is 0 Å². The number of alkyl halides is 1. The first-order valence-corrected chi connectivity index (χ1v) is 5.35. The predicted molar refractivity (Wildman–Crippen MR) is 56.0 cm³/mol. The Labute approximate surface area is 92.7 Å². The first kappa shape index (κ1) is 12.4. The smallest absolute Gasteiger partial charge is 0.126 e. The molecule has 1 rings (SSSR count). The van der Waals surface area contributed by atoms with Crippen LogP contribution in [0.4, 0.5) is 8.78 Å². The zero-order valence-corrected chi connectivity index (χ0v) is 8.97. The summed E-state index contributed by atoms with van der Waals surface area (Å²) in [5, 5.41) is 9.50. The Bertz CT molecular complexity index is 317. The molecule has 1 atom stereocenters. The molecule has 0 aliphatic rings. The molecule has 0 aliphatic carbocycles. The number of halogens is 3. The first-order chi connectivity index (χ1) is 7.13. The van der Waals surface area contributed by atoms with Gasteiger partial charge in [-0.3, -0.25) is 0 Å². The van der Waals surface area contributed by atoms with Crippen LogP contribution in [-0.4, -0.2) is 17.1 Å². The maximum atomic E-state index is 13.1. The van der Waals surface area contributed by atoms with E-state index in [-0.39, 0.29) is 12.0 Å². The number of aliphatic hydroxyl groups is 1. The minimum atomic E-state index is -0.667. The third-order valence-electron chi connectivity index (χ3n) is 2.13. The van der Waals surface area contributed by atoms with Gasteiger partial charge in [0.1, 0.15) is 11.6 Å². The molecule has 0 spiro atoms. The molecule has 0 bridgehead atoms. The van der Waals surface area contributed by atoms with E-state index in [4.69, 9.17) is 11.6 Å². The summed E-state index contributed by atoms with van der Waals surface area (Å²) in [6.45, 7) is 0. The number of rotatable bonds is 5. The third-order valence-corrected chi connectivity index (χ3v) is 2.40. The normalized spacial score (nSPS) is 12.8. The molecule has 0 aromatic heterocycles. The summed E-state index contributed by atoms with van der Waals surface area (Å²) in [6, 6.07) is 3.24. The summed E-state index contributed by atoms with van der Waals surface area (Å²) < 4.78 is 25.9. The second kappa shape index (κ2) is 6.03. The molecule has 1 nitrogen and oxygen atoms in total. The highest BCUT2D eigenvalue weighted by atomic mass is 35.5. The van der Waals surface area contributed by atoms with Crippen molar-refractivity contribution in [2.45, 2.75) is 25.4 Å². The summed E-state index contributed by atoms with van der Waals surface area (Å²) in [5.74, 6) is -0.514. The van der Waals surface area contributed by atoms with E-state index in [1.807, 2.05) is 0 Å². The molecule has 4 heteroatoms. The summed E-state index contributed by atoms with van der Waals surface area (Å²) in [4.78, 5) is 0. The van der Waals surface area contributed by atoms with E-state index < -0.39 is 17.7 Å². The molecular weight excluding hydrogens is 222 g/mol. The molecular formula is C11H13ClF2O. The molecule has 1 N–H and O–H groups in total. The van der Waals surface area contributed by atoms with Crippen LogP contribution in [0.15, 0.2) is 18.2 Å². The molecule has 84 valence electrons. The zero-order valence-electron chi connectivity index (χ0n) is 8.22. The zero-order chi connectivity index (χ0) is 11.3. The van der Waals surface area contributed by atoms with Gasteiger partial charge in [-0.05, 0) is 36.6 Å². The maximum absolute atomic E-state index is 13.1. The van der Waals surface area contributed by atoms with Gasteiger partial charge in [0.05, 0.1) is 6.10 Å². The topological polar surface area (TPSA) is 20.2 Å². The van der Waals surface area contributed by atoms with Gasteiger partial charge >= 0.3 is 0 Å². The monoisotopic (exact) mass is 234 g/mol. The average Bonchev–Trinajstić information content (AvgIpc) is 2.20. The van der Waals surface area contributed by atoms with E-state index in [1.165, 1.54) is 0 Å². The van der Waals surface area contributed by atoms with E-state index >= 15 is 0 Å². The van der Waals surface area contributed by atoms with Crippen LogP contribution >= 0.6 is 11.6 Å². The lowest BCUT2D eigenvalue weighted by Crippen LogP contribution is -2.11. The van der Waals surface area contributed by atoms with E-state index in [2.05, 4.69) is 0 Å². The van der Waals surface area contributed by atoms with E-state index in [0.717, 1.165) is 18.2 Å². The van der Waals surface area contributed by atoms with Crippen molar-refractivity contribution in [1.29, 1.82) is 0 Å². The van der Waals surface area contributed by atoms with E-state index in [1.54, 1.807) is 0 Å². The molecule has 1 unspecified atom stereocenters. The van der Waals surface area contributed by atoms with Gasteiger partial charge in [0, 0.05) is 12.3 Å². The number of benzene rings is 1. The molecule has 1 aromatic carbocycles. The fourth-order valence-electron chi connectivity index (χ4n) is 1.37. The summed E-state index contributed by atoms with van der Waals surface area (Å²) >= 11 is 5.46. The Balaban J connectivity index is 2.59. The molecule has 0 fully saturated rings. The SMILES string of the molecule is OC(CCCCl)Cc1cc(F)ccc1F. The van der Waals surface area contributed by atoms with Crippen LogP contribution in [0.2, 0.25) is 0 Å². The lowest BCUT2D eigenvalue weighted by Gasteiger charge is -2.10. The minimum Gasteiger partial charge on any atom is -0.393 e. The molecule has 0 aliphatic heterocycles. The Morgan fingerprint density at radius 3 is 2.73 bits per heavy atom. The third kappa shape index (κ3) is 4.14. The lowest BCUT2D eigenvalue weighted by molar-refractivity contribution is 0.163. The maximum Gasteiger partial charge on any atom is 0.126 e. The van der Waals surface area contributed by atoms with Crippen molar-refractivity contribution < 1.29 is 13.9 Å². The molecule has 0 radical (unpaired) electrons. The van der Waals surface area contributed by atoms with Crippen LogP contribution in [0.1, 0.15) is 18.4 Å². The van der Waals surface area contributed by atoms with Gasteiger partial charge in [-0.1, -0.05) is 0 Å². The summed E-state index contributed by atoms with van der Waals surface area (Å²) in [5.41, 5.74) is 0.206. The first-order valence-electron chi connectivity index (χ1n) is 4.81. The fraction of sp³-hybridized carbons (Fsp3) is 0.455. The van der Waals surface area contributed by atoms with Gasteiger partial charge in [-0.25, -0.2) is 8.78 Å². The largest absolute Gasteiger partial charge is 0.393 e. The van der Waals surface area contributed by atoms with Gasteiger partial charge in [0.25, 0.3) is 0 Å². The van der Waals surface area contributed by atoms with Gasteiger partial charge < -0.3 is 5.11 Å². The Morgan fingerprint density at radius 2 is 2.07 bits per heavy atom. The second-order valence-electron chi connectivity index (χ2n) is 3.42. The van der Waals surface area contributed by atoms with Crippen LogP contribution in [0, 0.1) is 11.6 Å². The van der Waals surface area contributed by atoms with Crippen LogP contribution < -0.4 is 0 Å². The highest BCUT2D eigenvalue weighted by molar-refractivity contribution is 6.17. The van der Waals surface area contributed by atoms with Crippen LogP contribution in [0.3, 0.4) is 0 Å². The lowest BCUT2D eigenvalue weighted by atomic mass is 10.0. The minimum absolute atomic E-state index is 0.125. The summed E-state index contributed by atoms with van der Waals surface area (Å²) in [6.07, 6.45) is 0.625. The van der Waals surface area contributed by atoms with Crippen molar-refractivity contribution in [2.75, 3.05) is 5.88 Å². The molecule has 1 aromatic rings. The quantitative estimate of drug-likeness (QED) is 0.777. The van der Waals surface area contributed by atoms with Crippen molar-refractivity contribution >= 4 is 11.6 Å². The van der Waals surface area contributed by atoms with Crippen LogP contribution in [-0.2, 0) is 6.42 Å². The Morgan fingerprint density at radius 1 is 1.33 bits per heavy atom. The molecule has 0 amide bonds. The number of hydrogen-bond donors (Lipinski definition) is 1. The van der Waals surface area contributed by atoms with Gasteiger partial charge in [0.15, 0.2) is 0 Å². The Kier molecular flexibility index (Phi) is 4.99. The molecule has 0 saturated carbocycles. The van der Waals surface area contributed by atoms with Crippen molar-refractivity contribution in [3.8, 4) is 0 Å². The van der Waals surface area contributed by atoms with Crippen molar-refractivity contribution in [3.63, 3.8) is 0 Å². The average molecular weight is 235 g/mol. The second-order valence-corrected chi connectivity index (χ2v) is 3.80.